The fourth-order valence-corrected chi connectivity index (χ4v) is 2.30. The number of carbonyl (C=O) groups is 1. The Morgan fingerprint density at radius 1 is 1.05 bits per heavy atom. The summed E-state index contributed by atoms with van der Waals surface area (Å²) in [4.78, 5) is 20.2. The third-order valence-corrected chi connectivity index (χ3v) is 3.48. The van der Waals surface area contributed by atoms with Crippen LogP contribution in [0.1, 0.15) is 5.69 Å². The van der Waals surface area contributed by atoms with Crippen molar-refractivity contribution in [2.75, 3.05) is 5.32 Å². The van der Waals surface area contributed by atoms with E-state index in [1.54, 1.807) is 24.5 Å². The largest absolute Gasteiger partial charge is 0.332 e. The van der Waals surface area contributed by atoms with E-state index in [0.717, 1.165) is 16.5 Å². The summed E-state index contributed by atoms with van der Waals surface area (Å²) in [7, 11) is 0. The number of amides is 2. The van der Waals surface area contributed by atoms with E-state index in [-0.39, 0.29) is 11.2 Å². The highest BCUT2D eigenvalue weighted by Crippen LogP contribution is 2.18. The molecule has 0 radical (unpaired) electrons. The van der Waals surface area contributed by atoms with Gasteiger partial charge >= 0.3 is 6.03 Å². The molecule has 0 atom stereocenters. The van der Waals surface area contributed by atoms with Crippen LogP contribution in [0.5, 0.6) is 0 Å². The van der Waals surface area contributed by atoms with Gasteiger partial charge in [0.15, 0.2) is 5.15 Å². The lowest BCUT2D eigenvalue weighted by Crippen LogP contribution is -2.28. The van der Waals surface area contributed by atoms with E-state index in [1.807, 2.05) is 30.3 Å². The van der Waals surface area contributed by atoms with Gasteiger partial charge in [-0.05, 0) is 23.6 Å². The molecule has 22 heavy (non-hydrogen) atoms. The molecule has 0 spiro atoms. The van der Waals surface area contributed by atoms with Crippen LogP contribution in [-0.2, 0) is 6.54 Å². The highest BCUT2D eigenvalue weighted by Gasteiger charge is 2.07. The lowest BCUT2D eigenvalue weighted by molar-refractivity contribution is 0.251. The van der Waals surface area contributed by atoms with Crippen LogP contribution in [0.3, 0.4) is 0 Å². The normalized spacial score (nSPS) is 10.4. The minimum Gasteiger partial charge on any atom is -0.332 e. The molecule has 2 amide bonds. The Kier molecular flexibility index (Phi) is 4.16. The molecule has 0 unspecified atom stereocenters. The average molecular weight is 313 g/mol. The van der Waals surface area contributed by atoms with E-state index >= 15 is 0 Å². The molecule has 2 heterocycles. The van der Waals surface area contributed by atoms with E-state index in [9.17, 15) is 4.79 Å². The summed E-state index contributed by atoms with van der Waals surface area (Å²) in [5.41, 5.74) is 1.28. The lowest BCUT2D eigenvalue weighted by atomic mass is 10.1. The van der Waals surface area contributed by atoms with Crippen LogP contribution < -0.4 is 10.6 Å². The number of nitrogens with one attached hydrogen (secondary N) is 2. The Bertz CT molecular complexity index is 817. The van der Waals surface area contributed by atoms with E-state index in [1.165, 1.54) is 0 Å². The molecular weight excluding hydrogens is 300 g/mol. The van der Waals surface area contributed by atoms with E-state index in [2.05, 4.69) is 20.6 Å². The zero-order chi connectivity index (χ0) is 15.4. The van der Waals surface area contributed by atoms with Crippen molar-refractivity contribution < 1.29 is 4.79 Å². The first-order valence-electron chi connectivity index (χ1n) is 6.72. The predicted octanol–water partition coefficient (Wildman–Crippen LogP) is 3.60. The van der Waals surface area contributed by atoms with Crippen LogP contribution in [0.15, 0.2) is 54.9 Å². The number of halogens is 1. The number of pyridine rings is 2. The van der Waals surface area contributed by atoms with Gasteiger partial charge in [-0.25, -0.2) is 9.78 Å². The Morgan fingerprint density at radius 2 is 1.91 bits per heavy atom. The molecule has 0 fully saturated rings. The molecule has 6 heteroatoms. The van der Waals surface area contributed by atoms with E-state index in [0.29, 0.717) is 12.2 Å². The van der Waals surface area contributed by atoms with Gasteiger partial charge in [0.2, 0.25) is 0 Å². The fourth-order valence-electron chi connectivity index (χ4n) is 2.13. The lowest BCUT2D eigenvalue weighted by Gasteiger charge is -2.09. The molecule has 0 saturated heterocycles. The van der Waals surface area contributed by atoms with Crippen molar-refractivity contribution in [1.29, 1.82) is 0 Å². The summed E-state index contributed by atoms with van der Waals surface area (Å²) < 4.78 is 0. The van der Waals surface area contributed by atoms with Gasteiger partial charge < -0.3 is 10.6 Å². The first kappa shape index (κ1) is 14.3. The van der Waals surface area contributed by atoms with Gasteiger partial charge in [-0.2, -0.15) is 0 Å². The van der Waals surface area contributed by atoms with Crippen molar-refractivity contribution in [1.82, 2.24) is 15.3 Å². The zero-order valence-corrected chi connectivity index (χ0v) is 12.3. The van der Waals surface area contributed by atoms with Crippen LogP contribution in [-0.4, -0.2) is 16.0 Å². The van der Waals surface area contributed by atoms with Crippen LogP contribution in [0.4, 0.5) is 10.5 Å². The number of anilines is 1. The zero-order valence-electron chi connectivity index (χ0n) is 11.6. The Labute approximate surface area is 132 Å². The number of fused-ring (bicyclic) bond motifs is 1. The van der Waals surface area contributed by atoms with Gasteiger partial charge in [0, 0.05) is 17.8 Å². The van der Waals surface area contributed by atoms with E-state index in [4.69, 9.17) is 11.6 Å². The molecule has 0 aliphatic rings. The molecule has 0 aliphatic carbocycles. The maximum atomic E-state index is 11.9. The van der Waals surface area contributed by atoms with Crippen LogP contribution in [0.2, 0.25) is 5.15 Å². The second kappa shape index (κ2) is 6.41. The van der Waals surface area contributed by atoms with Gasteiger partial charge in [-0.3, -0.25) is 4.98 Å². The molecule has 0 aliphatic heterocycles. The molecule has 3 rings (SSSR count). The Morgan fingerprint density at radius 3 is 2.77 bits per heavy atom. The molecule has 5 nitrogen and oxygen atoms in total. The number of urea groups is 1. The van der Waals surface area contributed by atoms with Gasteiger partial charge in [0.05, 0.1) is 17.9 Å². The molecular formula is C16H13ClN4O. The summed E-state index contributed by atoms with van der Waals surface area (Å²) in [5.74, 6) is 0. The van der Waals surface area contributed by atoms with Crippen molar-refractivity contribution in [2.24, 2.45) is 0 Å². The highest BCUT2D eigenvalue weighted by molar-refractivity contribution is 6.32. The van der Waals surface area contributed by atoms with Gasteiger partial charge in [-0.15, -0.1) is 0 Å². The van der Waals surface area contributed by atoms with Crippen LogP contribution >= 0.6 is 11.6 Å². The Balaban J connectivity index is 1.69. The third kappa shape index (κ3) is 3.15. The maximum Gasteiger partial charge on any atom is 0.319 e. The summed E-state index contributed by atoms with van der Waals surface area (Å²) in [6.07, 6.45) is 3.29. The second-order valence-electron chi connectivity index (χ2n) is 4.63. The van der Waals surface area contributed by atoms with Crippen LogP contribution in [0, 0.1) is 0 Å². The molecule has 1 aromatic carbocycles. The predicted molar refractivity (Wildman–Crippen MR) is 86.8 cm³/mol. The first-order valence-corrected chi connectivity index (χ1v) is 7.10. The number of rotatable bonds is 3. The number of benzene rings is 1. The number of hydrogen-bond acceptors (Lipinski definition) is 3. The van der Waals surface area contributed by atoms with Crippen molar-refractivity contribution in [3.8, 4) is 0 Å². The maximum absolute atomic E-state index is 11.9. The number of hydrogen-bond donors (Lipinski definition) is 2. The van der Waals surface area contributed by atoms with E-state index < -0.39 is 0 Å². The van der Waals surface area contributed by atoms with Crippen molar-refractivity contribution in [2.45, 2.75) is 6.54 Å². The summed E-state index contributed by atoms with van der Waals surface area (Å²) >= 11 is 5.90. The topological polar surface area (TPSA) is 66.9 Å². The molecule has 3 aromatic rings. The number of nitrogens with zero attached hydrogens (tertiary/aromatic N) is 2. The fraction of sp³-hybridized carbons (Fsp3) is 0.0625. The molecule has 0 saturated carbocycles. The van der Waals surface area contributed by atoms with Gasteiger partial charge in [0.1, 0.15) is 0 Å². The molecule has 2 N–H and O–H groups in total. The van der Waals surface area contributed by atoms with Gasteiger partial charge in [0.25, 0.3) is 0 Å². The monoisotopic (exact) mass is 312 g/mol. The number of carbonyl (C=O) groups excluding carboxylic acids is 1. The number of aromatic nitrogens is 2. The van der Waals surface area contributed by atoms with Crippen molar-refractivity contribution >= 4 is 34.1 Å². The summed E-state index contributed by atoms with van der Waals surface area (Å²) in [6, 6.07) is 12.9. The van der Waals surface area contributed by atoms with Crippen molar-refractivity contribution in [3.05, 3.63) is 65.7 Å². The second-order valence-corrected chi connectivity index (χ2v) is 4.99. The first-order chi connectivity index (χ1) is 10.7. The molecule has 0 bridgehead atoms. The minimum atomic E-state index is -0.357. The standard InChI is InChI=1S/C16H13ClN4O/c17-15-13(6-3-8-19-15)21-16(22)20-10-14-12-5-2-1-4-11(12)7-9-18-14/h1-9H,10H2,(H2,20,21,22). The summed E-state index contributed by atoms with van der Waals surface area (Å²) in [5, 5.41) is 7.78. The molecule has 110 valence electrons. The highest BCUT2D eigenvalue weighted by atomic mass is 35.5. The average Bonchev–Trinajstić information content (AvgIpc) is 2.55. The smallest absolute Gasteiger partial charge is 0.319 e. The third-order valence-electron chi connectivity index (χ3n) is 3.18. The SMILES string of the molecule is O=C(NCc1nccc2ccccc12)Nc1cccnc1Cl. The minimum absolute atomic E-state index is 0.251. The summed E-state index contributed by atoms with van der Waals surface area (Å²) in [6.45, 7) is 0.324. The Hall–Kier alpha value is -2.66. The molecule has 2 aromatic heterocycles. The quantitative estimate of drug-likeness (QED) is 0.726. The van der Waals surface area contributed by atoms with Crippen LogP contribution in [0.25, 0.3) is 10.8 Å². The van der Waals surface area contributed by atoms with Gasteiger partial charge in [-0.1, -0.05) is 35.9 Å². The van der Waals surface area contributed by atoms with Crippen molar-refractivity contribution in [3.63, 3.8) is 0 Å².